The summed E-state index contributed by atoms with van der Waals surface area (Å²) in [7, 11) is 0. The maximum atomic E-state index is 12.9. The molecule has 0 aromatic heterocycles. The first kappa shape index (κ1) is 22.9. The number of ether oxygens (including phenoxy) is 1. The van der Waals surface area contributed by atoms with Crippen LogP contribution in [0.25, 0.3) is 6.08 Å². The normalized spacial score (nSPS) is 14.5. The van der Waals surface area contributed by atoms with E-state index < -0.39 is 28.4 Å². The highest BCUT2D eigenvalue weighted by Crippen LogP contribution is 2.34. The molecule has 2 amide bonds. The molecule has 3 aromatic rings. The highest BCUT2D eigenvalue weighted by atomic mass is 32.2. The SMILES string of the molecule is O=C(CN1C(=O)S/C(=C/c2ccccc2OCc2ccccc2)C1=O)c1ccc([N+](=O)[O-])cc1. The van der Waals surface area contributed by atoms with E-state index in [1.54, 1.807) is 24.3 Å². The summed E-state index contributed by atoms with van der Waals surface area (Å²) in [5, 5.41) is 10.2. The Kier molecular flexibility index (Phi) is 6.84. The minimum atomic E-state index is -0.580. The molecule has 3 aromatic carbocycles. The number of para-hydroxylation sites is 1. The number of hydrogen-bond acceptors (Lipinski definition) is 7. The third kappa shape index (κ3) is 5.21. The Morgan fingerprint density at radius 3 is 2.35 bits per heavy atom. The molecule has 0 unspecified atom stereocenters. The van der Waals surface area contributed by atoms with Gasteiger partial charge in [-0.25, -0.2) is 0 Å². The van der Waals surface area contributed by atoms with Crippen LogP contribution in [-0.2, 0) is 11.4 Å². The molecular weight excluding hydrogens is 456 g/mol. The molecule has 1 aliphatic heterocycles. The zero-order valence-electron chi connectivity index (χ0n) is 17.7. The molecule has 1 fully saturated rings. The van der Waals surface area contributed by atoms with Crippen LogP contribution in [0.2, 0.25) is 0 Å². The van der Waals surface area contributed by atoms with Crippen molar-refractivity contribution in [2.45, 2.75) is 6.61 Å². The highest BCUT2D eigenvalue weighted by Gasteiger charge is 2.36. The number of carbonyl (C=O) groups is 3. The molecule has 0 N–H and O–H groups in total. The van der Waals surface area contributed by atoms with Gasteiger partial charge in [0, 0.05) is 23.3 Å². The smallest absolute Gasteiger partial charge is 0.293 e. The number of hydrogen-bond donors (Lipinski definition) is 0. The van der Waals surface area contributed by atoms with Gasteiger partial charge in [0.2, 0.25) is 0 Å². The molecule has 1 heterocycles. The Morgan fingerprint density at radius 1 is 0.971 bits per heavy atom. The van der Waals surface area contributed by atoms with Crippen LogP contribution >= 0.6 is 11.8 Å². The molecule has 34 heavy (non-hydrogen) atoms. The summed E-state index contributed by atoms with van der Waals surface area (Å²) >= 11 is 0.745. The predicted octanol–water partition coefficient (Wildman–Crippen LogP) is 5.09. The zero-order valence-corrected chi connectivity index (χ0v) is 18.6. The van der Waals surface area contributed by atoms with Crippen LogP contribution in [0.3, 0.4) is 0 Å². The number of thioether (sulfide) groups is 1. The number of carbonyl (C=O) groups excluding carboxylic acids is 3. The van der Waals surface area contributed by atoms with Gasteiger partial charge in [0.15, 0.2) is 5.78 Å². The van der Waals surface area contributed by atoms with Crippen molar-refractivity contribution in [3.8, 4) is 5.75 Å². The highest BCUT2D eigenvalue weighted by molar-refractivity contribution is 8.18. The second-order valence-corrected chi connectivity index (χ2v) is 8.30. The fourth-order valence-electron chi connectivity index (χ4n) is 3.25. The standard InChI is InChI=1S/C25H18N2O6S/c28-21(18-10-12-20(13-11-18)27(31)32)15-26-24(29)23(34-25(26)30)14-19-8-4-5-9-22(19)33-16-17-6-2-1-3-7-17/h1-14H,15-16H2/b23-14+. The van der Waals surface area contributed by atoms with Gasteiger partial charge in [0.05, 0.1) is 16.4 Å². The molecule has 0 radical (unpaired) electrons. The average Bonchev–Trinajstić information content (AvgIpc) is 3.11. The van der Waals surface area contributed by atoms with Crippen LogP contribution < -0.4 is 4.74 Å². The van der Waals surface area contributed by atoms with Crippen molar-refractivity contribution in [1.82, 2.24) is 4.90 Å². The number of ketones is 1. The van der Waals surface area contributed by atoms with Crippen molar-refractivity contribution in [3.05, 3.63) is 111 Å². The minimum absolute atomic E-state index is 0.154. The Labute approximate surface area is 199 Å². The monoisotopic (exact) mass is 474 g/mol. The van der Waals surface area contributed by atoms with Crippen LogP contribution in [-0.4, -0.2) is 33.3 Å². The van der Waals surface area contributed by atoms with Crippen LogP contribution in [0.5, 0.6) is 5.75 Å². The van der Waals surface area contributed by atoms with E-state index in [0.717, 1.165) is 22.2 Å². The first-order valence-corrected chi connectivity index (χ1v) is 11.0. The van der Waals surface area contributed by atoms with Crippen LogP contribution in [0.1, 0.15) is 21.5 Å². The van der Waals surface area contributed by atoms with Crippen molar-refractivity contribution < 1.29 is 24.0 Å². The van der Waals surface area contributed by atoms with Gasteiger partial charge in [-0.1, -0.05) is 48.5 Å². The second-order valence-electron chi connectivity index (χ2n) is 7.31. The van der Waals surface area contributed by atoms with E-state index in [-0.39, 0.29) is 16.2 Å². The van der Waals surface area contributed by atoms with Crippen molar-refractivity contribution in [3.63, 3.8) is 0 Å². The number of nitrogens with zero attached hydrogens (tertiary/aromatic N) is 2. The Balaban J connectivity index is 1.47. The van der Waals surface area contributed by atoms with Gasteiger partial charge in [-0.2, -0.15) is 0 Å². The van der Waals surface area contributed by atoms with Gasteiger partial charge in [-0.15, -0.1) is 0 Å². The zero-order chi connectivity index (χ0) is 24.1. The van der Waals surface area contributed by atoms with E-state index in [1.165, 1.54) is 24.3 Å². The quantitative estimate of drug-likeness (QED) is 0.194. The minimum Gasteiger partial charge on any atom is -0.488 e. The molecule has 1 aliphatic rings. The van der Waals surface area contributed by atoms with E-state index >= 15 is 0 Å². The summed E-state index contributed by atoms with van der Waals surface area (Å²) in [6.07, 6.45) is 1.57. The summed E-state index contributed by atoms with van der Waals surface area (Å²) in [5.74, 6) is -0.520. The van der Waals surface area contributed by atoms with Crippen molar-refractivity contribution in [1.29, 1.82) is 0 Å². The van der Waals surface area contributed by atoms with Crippen molar-refractivity contribution in [2.24, 2.45) is 0 Å². The number of non-ortho nitro benzene ring substituents is 1. The Morgan fingerprint density at radius 2 is 1.65 bits per heavy atom. The lowest BCUT2D eigenvalue weighted by Crippen LogP contribution is -2.33. The molecule has 9 heteroatoms. The average molecular weight is 474 g/mol. The molecule has 0 saturated carbocycles. The van der Waals surface area contributed by atoms with E-state index in [2.05, 4.69) is 0 Å². The van der Waals surface area contributed by atoms with E-state index in [9.17, 15) is 24.5 Å². The fourth-order valence-corrected chi connectivity index (χ4v) is 4.08. The molecule has 0 atom stereocenters. The summed E-state index contributed by atoms with van der Waals surface area (Å²) in [4.78, 5) is 49.1. The van der Waals surface area contributed by atoms with Crippen LogP contribution in [0.15, 0.2) is 83.8 Å². The third-order valence-corrected chi connectivity index (χ3v) is 5.93. The lowest BCUT2D eigenvalue weighted by atomic mass is 10.1. The van der Waals surface area contributed by atoms with Gasteiger partial charge in [-0.05, 0) is 41.6 Å². The van der Waals surface area contributed by atoms with Crippen LogP contribution in [0.4, 0.5) is 10.5 Å². The third-order valence-electron chi connectivity index (χ3n) is 5.02. The summed E-state index contributed by atoms with van der Waals surface area (Å²) in [5.41, 5.74) is 1.64. The van der Waals surface area contributed by atoms with Gasteiger partial charge < -0.3 is 4.74 Å². The number of imide groups is 1. The van der Waals surface area contributed by atoms with Crippen LogP contribution in [0, 0.1) is 10.1 Å². The molecule has 170 valence electrons. The van der Waals surface area contributed by atoms with Crippen molar-refractivity contribution in [2.75, 3.05) is 6.54 Å². The Bertz CT molecular complexity index is 1290. The Hall–Kier alpha value is -4.24. The van der Waals surface area contributed by atoms with Crippen molar-refractivity contribution >= 4 is 40.5 Å². The number of benzene rings is 3. The van der Waals surface area contributed by atoms with Gasteiger partial charge in [-0.3, -0.25) is 29.4 Å². The summed E-state index contributed by atoms with van der Waals surface area (Å²) in [6.45, 7) is -0.108. The first-order chi connectivity index (χ1) is 16.4. The largest absolute Gasteiger partial charge is 0.488 e. The number of nitro groups is 1. The van der Waals surface area contributed by atoms with Gasteiger partial charge in [0.25, 0.3) is 16.8 Å². The van der Waals surface area contributed by atoms with E-state index in [1.807, 2.05) is 36.4 Å². The fraction of sp³-hybridized carbons (Fsp3) is 0.0800. The van der Waals surface area contributed by atoms with Gasteiger partial charge >= 0.3 is 0 Å². The van der Waals surface area contributed by atoms with E-state index in [0.29, 0.717) is 17.9 Å². The lowest BCUT2D eigenvalue weighted by molar-refractivity contribution is -0.384. The van der Waals surface area contributed by atoms with Gasteiger partial charge in [0.1, 0.15) is 12.4 Å². The maximum Gasteiger partial charge on any atom is 0.293 e. The molecule has 8 nitrogen and oxygen atoms in total. The molecule has 0 bridgehead atoms. The molecule has 0 aliphatic carbocycles. The molecule has 0 spiro atoms. The topological polar surface area (TPSA) is 107 Å². The number of nitro benzene ring substituents is 1. The number of rotatable bonds is 8. The lowest BCUT2D eigenvalue weighted by Gasteiger charge is -2.11. The first-order valence-electron chi connectivity index (χ1n) is 10.2. The van der Waals surface area contributed by atoms with E-state index in [4.69, 9.17) is 4.74 Å². The number of amides is 2. The summed E-state index contributed by atoms with van der Waals surface area (Å²) in [6, 6.07) is 21.8. The second kappa shape index (κ2) is 10.1. The molecular formula is C25H18N2O6S. The molecule has 1 saturated heterocycles. The molecule has 4 rings (SSSR count). The number of Topliss-reactive ketones (excluding diaryl/α,β-unsaturated/α-hetero) is 1. The predicted molar refractivity (Wildman–Crippen MR) is 127 cm³/mol. The summed E-state index contributed by atoms with van der Waals surface area (Å²) < 4.78 is 5.91. The maximum absolute atomic E-state index is 12.9.